The van der Waals surface area contributed by atoms with Crippen molar-refractivity contribution in [1.82, 2.24) is 18.3 Å². The molecule has 10 heteroatoms. The third-order valence-electron chi connectivity index (χ3n) is 4.43. The largest absolute Gasteiger partial charge is 0.330 e. The maximum Gasteiger partial charge on any atom is 0.330 e. The third-order valence-corrected chi connectivity index (χ3v) is 7.70. The van der Waals surface area contributed by atoms with Gasteiger partial charge < -0.3 is 0 Å². The van der Waals surface area contributed by atoms with Gasteiger partial charge in [-0.2, -0.15) is 4.31 Å². The lowest BCUT2D eigenvalue weighted by atomic mass is 10.3. The summed E-state index contributed by atoms with van der Waals surface area (Å²) in [7, 11) is -0.345. The normalized spacial score (nSPS) is 17.0. The molecule has 1 aliphatic heterocycles. The summed E-state index contributed by atoms with van der Waals surface area (Å²) in [6.07, 6.45) is 0. The van der Waals surface area contributed by atoms with Crippen molar-refractivity contribution in [2.24, 2.45) is 14.1 Å². The van der Waals surface area contributed by atoms with Crippen molar-refractivity contribution in [2.45, 2.75) is 10.8 Å². The van der Waals surface area contributed by atoms with E-state index in [1.807, 2.05) is 0 Å². The van der Waals surface area contributed by atoms with Crippen LogP contribution in [0.5, 0.6) is 0 Å². The number of hydrogen-bond donors (Lipinski definition) is 0. The molecule has 0 radical (unpaired) electrons. The van der Waals surface area contributed by atoms with Crippen molar-refractivity contribution in [1.29, 1.82) is 0 Å². The minimum absolute atomic E-state index is 0.336. The van der Waals surface area contributed by atoms with Gasteiger partial charge in [0.2, 0.25) is 0 Å². The van der Waals surface area contributed by atoms with Crippen LogP contribution in [-0.4, -0.2) is 52.9 Å². The average Bonchev–Trinajstić information content (AvgIpc) is 3.14. The molecule has 1 saturated heterocycles. The summed E-state index contributed by atoms with van der Waals surface area (Å²) in [6, 6.07) is 4.79. The molecular formula is C15H20N4O4S2. The number of sulfonamides is 1. The molecule has 0 saturated carbocycles. The van der Waals surface area contributed by atoms with Crippen LogP contribution in [-0.2, 0) is 30.7 Å². The maximum atomic E-state index is 12.5. The Balaban J connectivity index is 1.70. The van der Waals surface area contributed by atoms with Crippen LogP contribution < -0.4 is 11.2 Å². The highest BCUT2D eigenvalue weighted by molar-refractivity contribution is 7.91. The van der Waals surface area contributed by atoms with Gasteiger partial charge in [-0.25, -0.2) is 13.2 Å². The Morgan fingerprint density at radius 3 is 2.36 bits per heavy atom. The van der Waals surface area contributed by atoms with E-state index < -0.39 is 10.0 Å². The smallest absolute Gasteiger partial charge is 0.299 e. The highest BCUT2D eigenvalue weighted by Crippen LogP contribution is 2.22. The summed E-state index contributed by atoms with van der Waals surface area (Å²) < 4.78 is 29.4. The predicted molar refractivity (Wildman–Crippen MR) is 95.3 cm³/mol. The van der Waals surface area contributed by atoms with Crippen LogP contribution in [0.1, 0.15) is 5.69 Å². The number of rotatable bonds is 4. The van der Waals surface area contributed by atoms with Gasteiger partial charge in [-0.15, -0.1) is 11.3 Å². The lowest BCUT2D eigenvalue weighted by molar-refractivity contribution is 0.178. The van der Waals surface area contributed by atoms with Gasteiger partial charge in [0.05, 0.1) is 0 Å². The summed E-state index contributed by atoms with van der Waals surface area (Å²) >= 11 is 1.22. The Hall–Kier alpha value is -1.75. The van der Waals surface area contributed by atoms with Gasteiger partial charge in [-0.05, 0) is 11.4 Å². The van der Waals surface area contributed by atoms with Gasteiger partial charge in [0.15, 0.2) is 0 Å². The minimum Gasteiger partial charge on any atom is -0.299 e. The fraction of sp³-hybridized carbons (Fsp3) is 0.467. The number of aromatic nitrogens is 2. The van der Waals surface area contributed by atoms with Crippen LogP contribution in [0.3, 0.4) is 0 Å². The second-order valence-electron chi connectivity index (χ2n) is 5.99. The highest BCUT2D eigenvalue weighted by Gasteiger charge is 2.29. The average molecular weight is 384 g/mol. The van der Waals surface area contributed by atoms with Crippen molar-refractivity contribution in [2.75, 3.05) is 26.2 Å². The number of hydrogen-bond acceptors (Lipinski definition) is 6. The van der Waals surface area contributed by atoms with Crippen LogP contribution in [0.2, 0.25) is 0 Å². The molecule has 3 rings (SSSR count). The first-order valence-corrected chi connectivity index (χ1v) is 10.1. The van der Waals surface area contributed by atoms with Gasteiger partial charge in [-0.1, -0.05) is 6.07 Å². The van der Waals surface area contributed by atoms with Gasteiger partial charge >= 0.3 is 5.69 Å². The monoisotopic (exact) mass is 384 g/mol. The molecule has 0 N–H and O–H groups in total. The van der Waals surface area contributed by atoms with E-state index in [0.29, 0.717) is 42.6 Å². The number of thiophene rings is 1. The molecule has 8 nitrogen and oxygen atoms in total. The summed E-state index contributed by atoms with van der Waals surface area (Å²) in [5, 5.41) is 1.75. The first-order valence-electron chi connectivity index (χ1n) is 7.82. The topological polar surface area (TPSA) is 84.6 Å². The molecule has 0 amide bonds. The summed E-state index contributed by atoms with van der Waals surface area (Å²) in [5.74, 6) is 0. The van der Waals surface area contributed by atoms with Crippen molar-refractivity contribution >= 4 is 21.4 Å². The second-order valence-corrected chi connectivity index (χ2v) is 9.10. The van der Waals surface area contributed by atoms with Crippen LogP contribution >= 0.6 is 11.3 Å². The van der Waals surface area contributed by atoms with E-state index in [4.69, 9.17) is 0 Å². The molecule has 0 bridgehead atoms. The molecule has 0 unspecified atom stereocenters. The van der Waals surface area contributed by atoms with E-state index >= 15 is 0 Å². The van der Waals surface area contributed by atoms with Gasteiger partial charge in [0.1, 0.15) is 4.21 Å². The molecule has 0 atom stereocenters. The van der Waals surface area contributed by atoms with Crippen molar-refractivity contribution < 1.29 is 8.42 Å². The Morgan fingerprint density at radius 2 is 1.76 bits per heavy atom. The summed E-state index contributed by atoms with van der Waals surface area (Å²) in [5.41, 5.74) is -0.0684. The molecule has 25 heavy (non-hydrogen) atoms. The number of nitrogens with zero attached hydrogens (tertiary/aromatic N) is 4. The fourth-order valence-electron chi connectivity index (χ4n) is 2.82. The zero-order valence-electron chi connectivity index (χ0n) is 14.1. The van der Waals surface area contributed by atoms with Crippen LogP contribution in [0, 0.1) is 0 Å². The summed E-state index contributed by atoms with van der Waals surface area (Å²) in [4.78, 5) is 25.9. The second kappa shape index (κ2) is 6.87. The van der Waals surface area contributed by atoms with E-state index in [1.165, 1.54) is 33.3 Å². The van der Waals surface area contributed by atoms with Crippen molar-refractivity contribution in [3.63, 3.8) is 0 Å². The molecule has 0 aromatic carbocycles. The molecule has 3 heterocycles. The van der Waals surface area contributed by atoms with Crippen LogP contribution in [0.4, 0.5) is 0 Å². The minimum atomic E-state index is -3.43. The quantitative estimate of drug-likeness (QED) is 0.720. The lowest BCUT2D eigenvalue weighted by Gasteiger charge is -2.33. The van der Waals surface area contributed by atoms with Crippen LogP contribution in [0.15, 0.2) is 37.4 Å². The third kappa shape index (κ3) is 3.47. The standard InChI is InChI=1S/C15H20N4O4S2/c1-16-12(10-13(20)17(2)15(16)21)11-18-5-7-19(8-6-18)25(22,23)14-4-3-9-24-14/h3-4,9-10H,5-8,11H2,1-2H3. The lowest BCUT2D eigenvalue weighted by Crippen LogP contribution is -2.48. The molecule has 2 aromatic rings. The Labute approximate surface area is 149 Å². The van der Waals surface area contributed by atoms with Gasteiger partial charge in [-0.3, -0.25) is 18.8 Å². The van der Waals surface area contributed by atoms with Crippen LogP contribution in [0.25, 0.3) is 0 Å². The van der Waals surface area contributed by atoms with E-state index in [2.05, 4.69) is 4.90 Å². The Kier molecular flexibility index (Phi) is 4.96. The highest BCUT2D eigenvalue weighted by atomic mass is 32.2. The fourth-order valence-corrected chi connectivity index (χ4v) is 5.39. The van der Waals surface area contributed by atoms with Crippen molar-refractivity contribution in [3.05, 3.63) is 50.1 Å². The van der Waals surface area contributed by atoms with Crippen molar-refractivity contribution in [3.8, 4) is 0 Å². The van der Waals surface area contributed by atoms with Gasteiger partial charge in [0, 0.05) is 58.6 Å². The molecule has 0 aliphatic carbocycles. The molecule has 1 aliphatic rings. The molecule has 1 fully saturated rings. The Bertz CT molecular complexity index is 968. The number of piperazine rings is 1. The zero-order valence-corrected chi connectivity index (χ0v) is 15.7. The molecule has 0 spiro atoms. The molecule has 136 valence electrons. The predicted octanol–water partition coefficient (Wildman–Crippen LogP) is -0.348. The van der Waals surface area contributed by atoms with E-state index in [0.717, 1.165) is 4.57 Å². The van der Waals surface area contributed by atoms with E-state index in [-0.39, 0.29) is 11.2 Å². The first-order chi connectivity index (χ1) is 11.8. The molecule has 2 aromatic heterocycles. The Morgan fingerprint density at radius 1 is 1.08 bits per heavy atom. The maximum absolute atomic E-state index is 12.5. The first kappa shape index (κ1) is 18.1. The van der Waals surface area contributed by atoms with E-state index in [9.17, 15) is 18.0 Å². The van der Waals surface area contributed by atoms with E-state index in [1.54, 1.807) is 24.6 Å². The SMILES string of the molecule is Cn1c(CN2CCN(S(=O)(=O)c3cccs3)CC2)cc(=O)n(C)c1=O. The summed E-state index contributed by atoms with van der Waals surface area (Å²) in [6.45, 7) is 2.31. The zero-order chi connectivity index (χ0) is 18.2. The van der Waals surface area contributed by atoms with Gasteiger partial charge in [0.25, 0.3) is 15.6 Å². The molecular weight excluding hydrogens is 364 g/mol.